The minimum absolute atomic E-state index is 0.0469. The third-order valence-corrected chi connectivity index (χ3v) is 10.4. The molecule has 7 nitrogen and oxygen atoms in total. The summed E-state index contributed by atoms with van der Waals surface area (Å²) in [6.45, 7) is 8.43. The molecule has 0 aromatic heterocycles. The summed E-state index contributed by atoms with van der Waals surface area (Å²) in [7, 11) is 0. The number of carbonyl (C=O) groups excluding carboxylic acids is 2. The standard InChI is InChI=1S/C25H40O7/c1-14(31-15(2)26)24(29)10-11-25(30)19-7-6-17-12-18(28)8-9-22(17,4)20(19)13-21(23(24,25)5)32-16(3)27/h14,17-21,28-30H,6-13H2,1-5H3/t14-,17+,18+,19-,20-,21-,22+,23-,24-,25+/m1/s1. The van der Waals surface area contributed by atoms with Crippen LogP contribution in [-0.4, -0.2) is 56.8 Å². The van der Waals surface area contributed by atoms with Gasteiger partial charge in [0.25, 0.3) is 0 Å². The van der Waals surface area contributed by atoms with Gasteiger partial charge in [-0.05, 0) is 81.5 Å². The van der Waals surface area contributed by atoms with Crippen LogP contribution in [-0.2, 0) is 19.1 Å². The maximum Gasteiger partial charge on any atom is 0.302 e. The average molecular weight is 453 g/mol. The van der Waals surface area contributed by atoms with Gasteiger partial charge in [0.05, 0.1) is 17.1 Å². The molecule has 0 aromatic rings. The lowest BCUT2D eigenvalue weighted by atomic mass is 9.42. The summed E-state index contributed by atoms with van der Waals surface area (Å²) in [4.78, 5) is 23.9. The molecule has 7 heteroatoms. The van der Waals surface area contributed by atoms with E-state index < -0.39 is 40.8 Å². The lowest BCUT2D eigenvalue weighted by Gasteiger charge is -2.66. The van der Waals surface area contributed by atoms with Crippen LogP contribution in [0.3, 0.4) is 0 Å². The molecule has 4 saturated carbocycles. The fraction of sp³-hybridized carbons (Fsp3) is 0.920. The SMILES string of the molecule is CC(=O)O[C@@H]1C[C@@H]2[C@@H](CC[C@H]3C[C@@H](O)CC[C@@]32C)[C@@]2(O)CC[C@@](O)([C@@H](C)OC(C)=O)[C@@]12C. The lowest BCUT2D eigenvalue weighted by Crippen LogP contribution is -2.72. The summed E-state index contributed by atoms with van der Waals surface area (Å²) in [6, 6.07) is 0. The van der Waals surface area contributed by atoms with Crippen LogP contribution in [0.25, 0.3) is 0 Å². The first-order chi connectivity index (χ1) is 14.8. The normalized spacial score (nSPS) is 51.1. The van der Waals surface area contributed by atoms with Gasteiger partial charge in [-0.25, -0.2) is 0 Å². The van der Waals surface area contributed by atoms with Crippen LogP contribution in [0, 0.1) is 28.6 Å². The van der Waals surface area contributed by atoms with Gasteiger partial charge in [-0.1, -0.05) is 13.8 Å². The van der Waals surface area contributed by atoms with Crippen molar-refractivity contribution in [2.24, 2.45) is 28.6 Å². The molecule has 4 fully saturated rings. The molecule has 3 N–H and O–H groups in total. The fourth-order valence-electron chi connectivity index (χ4n) is 8.59. The van der Waals surface area contributed by atoms with E-state index in [-0.39, 0.29) is 29.8 Å². The van der Waals surface area contributed by atoms with E-state index in [1.165, 1.54) is 13.8 Å². The van der Waals surface area contributed by atoms with Crippen LogP contribution < -0.4 is 0 Å². The number of fused-ring (bicyclic) bond motifs is 5. The zero-order valence-electron chi connectivity index (χ0n) is 20.1. The zero-order valence-corrected chi connectivity index (χ0v) is 20.1. The van der Waals surface area contributed by atoms with E-state index in [2.05, 4.69) is 6.92 Å². The molecule has 0 amide bonds. The van der Waals surface area contributed by atoms with Crippen LogP contribution in [0.5, 0.6) is 0 Å². The van der Waals surface area contributed by atoms with Crippen molar-refractivity contribution in [1.29, 1.82) is 0 Å². The second-order valence-electron chi connectivity index (χ2n) is 11.6. The summed E-state index contributed by atoms with van der Waals surface area (Å²) < 4.78 is 11.3. The third kappa shape index (κ3) is 3.10. The number of rotatable bonds is 3. The van der Waals surface area contributed by atoms with Crippen molar-refractivity contribution in [1.82, 2.24) is 0 Å². The van der Waals surface area contributed by atoms with E-state index in [1.54, 1.807) is 6.92 Å². The molecule has 0 saturated heterocycles. The first-order valence-electron chi connectivity index (χ1n) is 12.3. The minimum Gasteiger partial charge on any atom is -0.462 e. The van der Waals surface area contributed by atoms with Gasteiger partial charge in [0.2, 0.25) is 0 Å². The number of aliphatic hydroxyl groups excluding tert-OH is 1. The summed E-state index contributed by atoms with van der Waals surface area (Å²) in [5, 5.41) is 34.6. The van der Waals surface area contributed by atoms with E-state index in [4.69, 9.17) is 9.47 Å². The largest absolute Gasteiger partial charge is 0.462 e. The summed E-state index contributed by atoms with van der Waals surface area (Å²) in [6.07, 6.45) is 3.55. The summed E-state index contributed by atoms with van der Waals surface area (Å²) in [5.74, 6) is -0.477. The number of hydrogen-bond acceptors (Lipinski definition) is 7. The van der Waals surface area contributed by atoms with Crippen molar-refractivity contribution in [3.63, 3.8) is 0 Å². The maximum atomic E-state index is 12.4. The van der Waals surface area contributed by atoms with Crippen LogP contribution in [0.4, 0.5) is 0 Å². The Morgan fingerprint density at radius 1 is 0.938 bits per heavy atom. The van der Waals surface area contributed by atoms with Gasteiger partial charge in [-0.2, -0.15) is 0 Å². The Hall–Kier alpha value is -1.18. The van der Waals surface area contributed by atoms with Crippen molar-refractivity contribution >= 4 is 11.9 Å². The monoisotopic (exact) mass is 452 g/mol. The van der Waals surface area contributed by atoms with Crippen molar-refractivity contribution in [2.45, 2.75) is 115 Å². The maximum absolute atomic E-state index is 12.4. The molecule has 10 atom stereocenters. The Kier molecular flexibility index (Phi) is 5.74. The van der Waals surface area contributed by atoms with Gasteiger partial charge in [-0.15, -0.1) is 0 Å². The molecule has 0 bridgehead atoms. The third-order valence-electron chi connectivity index (χ3n) is 10.4. The molecular formula is C25H40O7. The van der Waals surface area contributed by atoms with E-state index in [0.29, 0.717) is 18.8 Å². The molecule has 0 radical (unpaired) electrons. The Balaban J connectivity index is 1.78. The van der Waals surface area contributed by atoms with Gasteiger partial charge in [0, 0.05) is 13.8 Å². The first-order valence-corrected chi connectivity index (χ1v) is 12.3. The highest BCUT2D eigenvalue weighted by molar-refractivity contribution is 5.67. The second kappa shape index (κ2) is 7.67. The second-order valence-corrected chi connectivity index (χ2v) is 11.6. The minimum atomic E-state index is -1.51. The Bertz CT molecular complexity index is 784. The Morgan fingerprint density at radius 2 is 1.62 bits per heavy atom. The smallest absolute Gasteiger partial charge is 0.302 e. The molecule has 32 heavy (non-hydrogen) atoms. The molecule has 0 aromatic carbocycles. The predicted octanol–water partition coefficient (Wildman–Crippen LogP) is 2.73. The fourth-order valence-corrected chi connectivity index (χ4v) is 8.59. The van der Waals surface area contributed by atoms with Crippen molar-refractivity contribution in [2.75, 3.05) is 0 Å². The lowest BCUT2D eigenvalue weighted by molar-refractivity contribution is -0.290. The average Bonchev–Trinajstić information content (AvgIpc) is 2.92. The number of aliphatic hydroxyl groups is 3. The Morgan fingerprint density at radius 3 is 2.25 bits per heavy atom. The highest BCUT2D eigenvalue weighted by atomic mass is 16.6. The predicted molar refractivity (Wildman–Crippen MR) is 116 cm³/mol. The van der Waals surface area contributed by atoms with E-state index in [9.17, 15) is 24.9 Å². The van der Waals surface area contributed by atoms with Gasteiger partial charge in [0.1, 0.15) is 17.8 Å². The van der Waals surface area contributed by atoms with Crippen molar-refractivity contribution in [3.05, 3.63) is 0 Å². The number of ether oxygens (including phenoxy) is 2. The molecule has 0 spiro atoms. The summed E-state index contributed by atoms with van der Waals surface area (Å²) >= 11 is 0. The van der Waals surface area contributed by atoms with Crippen LogP contribution in [0.15, 0.2) is 0 Å². The van der Waals surface area contributed by atoms with Crippen molar-refractivity contribution < 1.29 is 34.4 Å². The first kappa shape index (κ1) is 24.0. The highest BCUT2D eigenvalue weighted by Crippen LogP contribution is 2.70. The van der Waals surface area contributed by atoms with Gasteiger partial charge < -0.3 is 24.8 Å². The molecule has 182 valence electrons. The topological polar surface area (TPSA) is 113 Å². The molecule has 0 heterocycles. The summed E-state index contributed by atoms with van der Waals surface area (Å²) in [5.41, 5.74) is -3.98. The highest BCUT2D eigenvalue weighted by Gasteiger charge is 2.77. The quantitative estimate of drug-likeness (QED) is 0.564. The van der Waals surface area contributed by atoms with E-state index in [0.717, 1.165) is 32.1 Å². The van der Waals surface area contributed by atoms with Gasteiger partial charge in [-0.3, -0.25) is 9.59 Å². The van der Waals surface area contributed by atoms with Gasteiger partial charge in [0.15, 0.2) is 0 Å². The van der Waals surface area contributed by atoms with E-state index in [1.807, 2.05) is 6.92 Å². The molecule has 4 aliphatic carbocycles. The number of carbonyl (C=O) groups is 2. The van der Waals surface area contributed by atoms with E-state index >= 15 is 0 Å². The van der Waals surface area contributed by atoms with Crippen molar-refractivity contribution in [3.8, 4) is 0 Å². The number of esters is 2. The molecule has 0 unspecified atom stereocenters. The van der Waals surface area contributed by atoms with Gasteiger partial charge >= 0.3 is 11.9 Å². The molecule has 4 rings (SSSR count). The molecular weight excluding hydrogens is 412 g/mol. The molecule has 4 aliphatic rings. The zero-order chi connectivity index (χ0) is 23.7. The number of hydrogen-bond donors (Lipinski definition) is 3. The molecule has 0 aliphatic heterocycles. The Labute approximate surface area is 190 Å². The van der Waals surface area contributed by atoms with Crippen LogP contribution in [0.2, 0.25) is 0 Å². The van der Waals surface area contributed by atoms with Crippen LogP contribution in [0.1, 0.15) is 86.0 Å². The van der Waals surface area contributed by atoms with Crippen LogP contribution >= 0.6 is 0 Å².